The van der Waals surface area contributed by atoms with Gasteiger partial charge in [-0.2, -0.15) is 0 Å². The first-order valence-electron chi connectivity index (χ1n) is 8.14. The van der Waals surface area contributed by atoms with Crippen molar-refractivity contribution in [3.8, 4) is 0 Å². The van der Waals surface area contributed by atoms with Crippen molar-refractivity contribution < 1.29 is 4.79 Å². The van der Waals surface area contributed by atoms with Gasteiger partial charge in [-0.25, -0.2) is 0 Å². The molecular formula is C19H24O. The minimum absolute atomic E-state index is 0.0202. The molecule has 1 nitrogen and oxygen atoms in total. The van der Waals surface area contributed by atoms with Gasteiger partial charge in [-0.15, -0.1) is 0 Å². The van der Waals surface area contributed by atoms with E-state index >= 15 is 0 Å². The van der Waals surface area contributed by atoms with E-state index in [0.717, 1.165) is 25.2 Å². The van der Waals surface area contributed by atoms with E-state index in [2.05, 4.69) is 44.2 Å². The Labute approximate surface area is 121 Å². The Morgan fingerprint density at radius 2 is 1.95 bits per heavy atom. The molecule has 0 spiro atoms. The Kier molecular flexibility index (Phi) is 2.50. The van der Waals surface area contributed by atoms with Gasteiger partial charge in [-0.1, -0.05) is 44.2 Å². The van der Waals surface area contributed by atoms with E-state index in [4.69, 9.17) is 0 Å². The molecule has 4 rings (SSSR count). The van der Waals surface area contributed by atoms with Gasteiger partial charge in [0.2, 0.25) is 0 Å². The quantitative estimate of drug-likeness (QED) is 0.634. The maximum atomic E-state index is 12.3. The Hall–Kier alpha value is -1.11. The molecule has 0 aromatic rings. The zero-order valence-electron chi connectivity index (χ0n) is 12.6. The summed E-state index contributed by atoms with van der Waals surface area (Å²) in [6.45, 7) is 4.69. The zero-order valence-corrected chi connectivity index (χ0v) is 12.6. The van der Waals surface area contributed by atoms with Crippen LogP contribution in [0.25, 0.3) is 0 Å². The fourth-order valence-corrected chi connectivity index (χ4v) is 5.60. The molecule has 0 aromatic heterocycles. The van der Waals surface area contributed by atoms with Gasteiger partial charge >= 0.3 is 0 Å². The molecule has 106 valence electrons. The summed E-state index contributed by atoms with van der Waals surface area (Å²) < 4.78 is 0. The van der Waals surface area contributed by atoms with Crippen molar-refractivity contribution >= 4 is 5.78 Å². The number of carbonyl (C=O) groups excluding carboxylic acids is 1. The smallest absolute Gasteiger partial charge is 0.139 e. The minimum atomic E-state index is -0.0202. The van der Waals surface area contributed by atoms with Crippen molar-refractivity contribution in [3.63, 3.8) is 0 Å². The molecule has 20 heavy (non-hydrogen) atoms. The van der Waals surface area contributed by atoms with Crippen molar-refractivity contribution in [1.82, 2.24) is 0 Å². The van der Waals surface area contributed by atoms with E-state index in [1.54, 1.807) is 0 Å². The van der Waals surface area contributed by atoms with Gasteiger partial charge in [-0.3, -0.25) is 4.79 Å². The highest BCUT2D eigenvalue weighted by atomic mass is 16.1. The Bertz CT molecular complexity index is 552. The molecule has 0 aromatic carbocycles. The predicted octanol–water partition coefficient (Wildman–Crippen LogP) is 4.46. The second kappa shape index (κ2) is 3.96. The first-order chi connectivity index (χ1) is 9.56. The van der Waals surface area contributed by atoms with Crippen LogP contribution in [0.5, 0.6) is 0 Å². The Morgan fingerprint density at radius 3 is 2.80 bits per heavy atom. The van der Waals surface area contributed by atoms with Crippen LogP contribution in [0.2, 0.25) is 0 Å². The van der Waals surface area contributed by atoms with Crippen LogP contribution < -0.4 is 0 Å². The average Bonchev–Trinajstić information content (AvgIpc) is 2.74. The summed E-state index contributed by atoms with van der Waals surface area (Å²) in [6, 6.07) is 0. The van der Waals surface area contributed by atoms with Crippen LogP contribution in [0.15, 0.2) is 36.0 Å². The number of Topliss-reactive ketones (excluding diaryl/α,β-unsaturated/α-hetero) is 1. The van der Waals surface area contributed by atoms with Crippen LogP contribution in [0.1, 0.15) is 46.0 Å². The number of hydrogen-bond donors (Lipinski definition) is 0. The third kappa shape index (κ3) is 1.42. The Morgan fingerprint density at radius 1 is 1.15 bits per heavy atom. The molecule has 4 aliphatic rings. The van der Waals surface area contributed by atoms with Crippen LogP contribution in [0.4, 0.5) is 0 Å². The fraction of sp³-hybridized carbons (Fsp3) is 0.632. The molecule has 2 fully saturated rings. The minimum Gasteiger partial charge on any atom is -0.299 e. The predicted molar refractivity (Wildman–Crippen MR) is 81.1 cm³/mol. The van der Waals surface area contributed by atoms with Crippen molar-refractivity contribution in [3.05, 3.63) is 36.0 Å². The fourth-order valence-electron chi connectivity index (χ4n) is 5.60. The van der Waals surface area contributed by atoms with Crippen LogP contribution >= 0.6 is 0 Å². The number of fused-ring (bicyclic) bond motifs is 5. The van der Waals surface area contributed by atoms with Crippen molar-refractivity contribution in [2.24, 2.45) is 28.6 Å². The Balaban J connectivity index is 1.77. The third-order valence-electron chi connectivity index (χ3n) is 6.97. The lowest BCUT2D eigenvalue weighted by molar-refractivity contribution is -0.130. The summed E-state index contributed by atoms with van der Waals surface area (Å²) in [5.74, 6) is 2.47. The van der Waals surface area contributed by atoms with Gasteiger partial charge in [0.15, 0.2) is 0 Å². The molecule has 0 heterocycles. The lowest BCUT2D eigenvalue weighted by atomic mass is 9.50. The molecule has 0 saturated heterocycles. The van der Waals surface area contributed by atoms with E-state index in [1.807, 2.05) is 0 Å². The second-order valence-electron chi connectivity index (χ2n) is 7.74. The first-order valence-corrected chi connectivity index (χ1v) is 8.14. The molecule has 0 N–H and O–H groups in total. The summed E-state index contributed by atoms with van der Waals surface area (Å²) in [5.41, 5.74) is 1.79. The van der Waals surface area contributed by atoms with Crippen LogP contribution in [0, 0.1) is 28.6 Å². The molecule has 5 atom stereocenters. The van der Waals surface area contributed by atoms with Gasteiger partial charge in [0.05, 0.1) is 0 Å². The molecule has 0 amide bonds. The largest absolute Gasteiger partial charge is 0.299 e. The van der Waals surface area contributed by atoms with Gasteiger partial charge in [-0.05, 0) is 54.4 Å². The summed E-state index contributed by atoms with van der Waals surface area (Å²) in [7, 11) is 0. The van der Waals surface area contributed by atoms with Gasteiger partial charge in [0.25, 0.3) is 0 Å². The molecule has 0 aliphatic heterocycles. The zero-order chi connectivity index (χ0) is 14.0. The molecule has 2 saturated carbocycles. The number of ketones is 1. The number of allylic oxidation sites excluding steroid dienone is 6. The van der Waals surface area contributed by atoms with Gasteiger partial charge in [0, 0.05) is 11.8 Å². The third-order valence-corrected chi connectivity index (χ3v) is 6.97. The van der Waals surface area contributed by atoms with E-state index < -0.39 is 0 Å². The van der Waals surface area contributed by atoms with E-state index in [1.165, 1.54) is 18.4 Å². The molecule has 4 aliphatic carbocycles. The maximum Gasteiger partial charge on any atom is 0.139 e. The second-order valence-corrected chi connectivity index (χ2v) is 7.74. The number of rotatable bonds is 0. The van der Waals surface area contributed by atoms with Crippen LogP contribution in [-0.4, -0.2) is 5.78 Å². The van der Waals surface area contributed by atoms with E-state index in [-0.39, 0.29) is 5.41 Å². The average molecular weight is 268 g/mol. The van der Waals surface area contributed by atoms with Crippen LogP contribution in [-0.2, 0) is 4.79 Å². The van der Waals surface area contributed by atoms with Crippen molar-refractivity contribution in [2.75, 3.05) is 0 Å². The van der Waals surface area contributed by atoms with Gasteiger partial charge in [0.1, 0.15) is 5.78 Å². The summed E-state index contributed by atoms with van der Waals surface area (Å²) in [5, 5.41) is 0. The molecule has 0 bridgehead atoms. The highest BCUT2D eigenvalue weighted by Crippen LogP contribution is 2.62. The summed E-state index contributed by atoms with van der Waals surface area (Å²) in [6.07, 6.45) is 17.1. The van der Waals surface area contributed by atoms with Gasteiger partial charge < -0.3 is 0 Å². The molecule has 1 heteroatoms. The monoisotopic (exact) mass is 268 g/mol. The standard InChI is InChI=1S/C19H24O/c1-18-11-4-3-5-13(18)6-7-14-15-8-9-17(20)19(15,2)12-10-16(14)18/h3-7,14-16H,8-12H2,1-2H3/t14-,15-,16-,18-,19-/m0/s1. The number of carbonyl (C=O) groups is 1. The molecule has 0 unspecified atom stereocenters. The normalized spacial score (nSPS) is 49.4. The summed E-state index contributed by atoms with van der Waals surface area (Å²) in [4.78, 5) is 12.3. The lowest BCUT2D eigenvalue weighted by Crippen LogP contribution is -2.48. The maximum absolute atomic E-state index is 12.3. The highest BCUT2D eigenvalue weighted by molar-refractivity contribution is 5.87. The van der Waals surface area contributed by atoms with E-state index in [9.17, 15) is 4.79 Å². The highest BCUT2D eigenvalue weighted by Gasteiger charge is 2.57. The number of hydrogen-bond acceptors (Lipinski definition) is 1. The van der Waals surface area contributed by atoms with E-state index in [0.29, 0.717) is 23.0 Å². The first kappa shape index (κ1) is 12.6. The topological polar surface area (TPSA) is 17.1 Å². The SMILES string of the molecule is C[C@]12CC=CC=C1C=C[C@@H]1[C@@H]2CC[C@]2(C)C(=O)CC[C@@H]12. The van der Waals surface area contributed by atoms with Crippen molar-refractivity contribution in [2.45, 2.75) is 46.0 Å². The van der Waals surface area contributed by atoms with Crippen LogP contribution in [0.3, 0.4) is 0 Å². The van der Waals surface area contributed by atoms with Crippen molar-refractivity contribution in [1.29, 1.82) is 0 Å². The molecule has 0 radical (unpaired) electrons. The molecular weight excluding hydrogens is 244 g/mol. The summed E-state index contributed by atoms with van der Waals surface area (Å²) >= 11 is 0. The lowest BCUT2D eigenvalue weighted by Gasteiger charge is -2.54.